The molecule has 0 spiro atoms. The van der Waals surface area contributed by atoms with E-state index >= 15 is 0 Å². The lowest BCUT2D eigenvalue weighted by atomic mass is 10.1. The molecule has 130 valence electrons. The van der Waals surface area contributed by atoms with Crippen LogP contribution in [0.25, 0.3) is 0 Å². The van der Waals surface area contributed by atoms with Crippen molar-refractivity contribution < 1.29 is 23.9 Å². The lowest BCUT2D eigenvalue weighted by Crippen LogP contribution is -2.41. The van der Waals surface area contributed by atoms with Gasteiger partial charge in [0.05, 0.1) is 5.02 Å². The molecule has 0 atom stereocenters. The SMILES string of the molecule is CC1(C)NC(=O)N(CC(=O)OCCOc2ccc(Cl)cc2Cl)C1=O. The average molecular weight is 375 g/mol. The lowest BCUT2D eigenvalue weighted by Gasteiger charge is -2.15. The fourth-order valence-corrected chi connectivity index (χ4v) is 2.50. The zero-order valence-corrected chi connectivity index (χ0v) is 14.6. The van der Waals surface area contributed by atoms with Gasteiger partial charge in [-0.25, -0.2) is 4.79 Å². The third-order valence-corrected chi connectivity index (χ3v) is 3.76. The van der Waals surface area contributed by atoms with Crippen LogP contribution in [-0.2, 0) is 14.3 Å². The van der Waals surface area contributed by atoms with Gasteiger partial charge in [-0.1, -0.05) is 23.2 Å². The second-order valence-electron chi connectivity index (χ2n) is 5.59. The van der Waals surface area contributed by atoms with E-state index in [4.69, 9.17) is 32.7 Å². The molecule has 2 rings (SSSR count). The molecule has 9 heteroatoms. The number of ether oxygens (including phenoxy) is 2. The van der Waals surface area contributed by atoms with Gasteiger partial charge in [-0.15, -0.1) is 0 Å². The summed E-state index contributed by atoms with van der Waals surface area (Å²) >= 11 is 11.7. The largest absolute Gasteiger partial charge is 0.488 e. The number of urea groups is 1. The Morgan fingerprint density at radius 3 is 2.54 bits per heavy atom. The number of carbonyl (C=O) groups excluding carboxylic acids is 3. The summed E-state index contributed by atoms with van der Waals surface area (Å²) in [6, 6.07) is 4.13. The topological polar surface area (TPSA) is 84.9 Å². The summed E-state index contributed by atoms with van der Waals surface area (Å²) in [5, 5.41) is 3.30. The molecular weight excluding hydrogens is 359 g/mol. The molecule has 0 aromatic heterocycles. The van der Waals surface area contributed by atoms with Crippen LogP contribution in [0.2, 0.25) is 10.0 Å². The third kappa shape index (κ3) is 4.30. The van der Waals surface area contributed by atoms with Gasteiger partial charge >= 0.3 is 12.0 Å². The fourth-order valence-electron chi connectivity index (χ4n) is 2.04. The Bertz CT molecular complexity index is 678. The summed E-state index contributed by atoms with van der Waals surface area (Å²) in [6.45, 7) is 2.68. The second kappa shape index (κ2) is 7.27. The molecule has 1 aliphatic heterocycles. The Kier molecular flexibility index (Phi) is 5.56. The number of carbonyl (C=O) groups is 3. The third-order valence-electron chi connectivity index (χ3n) is 3.23. The number of rotatable bonds is 6. The van der Waals surface area contributed by atoms with E-state index in [1.165, 1.54) is 6.07 Å². The minimum atomic E-state index is -1.02. The zero-order valence-electron chi connectivity index (χ0n) is 13.1. The van der Waals surface area contributed by atoms with Gasteiger partial charge in [0.15, 0.2) is 0 Å². The summed E-state index contributed by atoms with van der Waals surface area (Å²) in [6.07, 6.45) is 0. The number of halogens is 2. The van der Waals surface area contributed by atoms with Crippen molar-refractivity contribution in [3.8, 4) is 5.75 Å². The van der Waals surface area contributed by atoms with Crippen LogP contribution in [0.15, 0.2) is 18.2 Å². The van der Waals surface area contributed by atoms with E-state index in [1.54, 1.807) is 26.0 Å². The maximum Gasteiger partial charge on any atom is 0.326 e. The Morgan fingerprint density at radius 2 is 1.96 bits per heavy atom. The van der Waals surface area contributed by atoms with Crippen LogP contribution in [0, 0.1) is 0 Å². The Morgan fingerprint density at radius 1 is 1.25 bits per heavy atom. The van der Waals surface area contributed by atoms with Gasteiger partial charge in [-0.05, 0) is 32.0 Å². The fraction of sp³-hybridized carbons (Fsp3) is 0.400. The number of amides is 3. The van der Waals surface area contributed by atoms with E-state index in [0.717, 1.165) is 4.90 Å². The summed E-state index contributed by atoms with van der Waals surface area (Å²) < 4.78 is 10.3. The smallest absolute Gasteiger partial charge is 0.326 e. The normalized spacial score (nSPS) is 16.1. The minimum absolute atomic E-state index is 0.0508. The predicted molar refractivity (Wildman–Crippen MR) is 87.2 cm³/mol. The van der Waals surface area contributed by atoms with Crippen LogP contribution < -0.4 is 10.1 Å². The summed E-state index contributed by atoms with van der Waals surface area (Å²) in [4.78, 5) is 36.1. The van der Waals surface area contributed by atoms with Gasteiger partial charge in [-0.2, -0.15) is 0 Å². The maximum absolute atomic E-state index is 11.9. The van der Waals surface area contributed by atoms with Gasteiger partial charge in [0.25, 0.3) is 5.91 Å². The first-order chi connectivity index (χ1) is 11.2. The van der Waals surface area contributed by atoms with Crippen molar-refractivity contribution in [3.63, 3.8) is 0 Å². The molecule has 3 amide bonds. The first-order valence-corrected chi connectivity index (χ1v) is 7.84. The highest BCUT2D eigenvalue weighted by Crippen LogP contribution is 2.27. The standard InChI is InChI=1S/C15H16Cl2N2O5/c1-15(2)13(21)19(14(22)18-15)8-12(20)24-6-5-23-11-4-3-9(16)7-10(11)17/h3-4,7H,5-6,8H2,1-2H3,(H,18,22). The van der Waals surface area contributed by atoms with Gasteiger partial charge in [0.1, 0.15) is 31.0 Å². The van der Waals surface area contributed by atoms with Crippen LogP contribution in [0.5, 0.6) is 5.75 Å². The molecule has 0 saturated carbocycles. The maximum atomic E-state index is 11.9. The predicted octanol–water partition coefficient (Wildman–Crippen LogP) is 2.25. The van der Waals surface area contributed by atoms with Gasteiger partial charge in [-0.3, -0.25) is 14.5 Å². The highest BCUT2D eigenvalue weighted by Gasteiger charge is 2.45. The number of esters is 1. The summed E-state index contributed by atoms with van der Waals surface area (Å²) in [5.41, 5.74) is -1.02. The first kappa shape index (κ1) is 18.4. The van der Waals surface area contributed by atoms with Crippen LogP contribution in [-0.4, -0.2) is 48.1 Å². The Labute approximate surface area is 148 Å². The Balaban J connectivity index is 1.76. The molecular formula is C15H16Cl2N2O5. The van der Waals surface area contributed by atoms with Crippen molar-refractivity contribution in [2.75, 3.05) is 19.8 Å². The van der Waals surface area contributed by atoms with Crippen LogP contribution in [0.3, 0.4) is 0 Å². The molecule has 1 aromatic rings. The molecule has 0 unspecified atom stereocenters. The molecule has 1 fully saturated rings. The molecule has 1 N–H and O–H groups in total. The molecule has 0 radical (unpaired) electrons. The number of imide groups is 1. The van der Waals surface area contributed by atoms with E-state index in [2.05, 4.69) is 5.32 Å². The molecule has 7 nitrogen and oxygen atoms in total. The van der Waals surface area contributed by atoms with E-state index < -0.39 is 30.0 Å². The van der Waals surface area contributed by atoms with E-state index in [1.807, 2.05) is 0 Å². The van der Waals surface area contributed by atoms with Crippen molar-refractivity contribution in [2.45, 2.75) is 19.4 Å². The molecule has 0 aliphatic carbocycles. The van der Waals surface area contributed by atoms with Crippen LogP contribution in [0.1, 0.15) is 13.8 Å². The Hall–Kier alpha value is -1.99. The van der Waals surface area contributed by atoms with Crippen LogP contribution >= 0.6 is 23.2 Å². The molecule has 1 heterocycles. The molecule has 24 heavy (non-hydrogen) atoms. The quantitative estimate of drug-likeness (QED) is 0.468. The minimum Gasteiger partial charge on any atom is -0.488 e. The van der Waals surface area contributed by atoms with E-state index in [0.29, 0.717) is 15.8 Å². The number of nitrogens with one attached hydrogen (secondary N) is 1. The molecule has 1 aromatic carbocycles. The number of hydrogen-bond donors (Lipinski definition) is 1. The first-order valence-electron chi connectivity index (χ1n) is 7.08. The zero-order chi connectivity index (χ0) is 17.9. The monoisotopic (exact) mass is 374 g/mol. The van der Waals surface area contributed by atoms with Crippen LogP contribution in [0.4, 0.5) is 4.79 Å². The van der Waals surface area contributed by atoms with E-state index in [9.17, 15) is 14.4 Å². The highest BCUT2D eigenvalue weighted by atomic mass is 35.5. The number of benzene rings is 1. The van der Waals surface area contributed by atoms with Gasteiger partial charge < -0.3 is 14.8 Å². The molecule has 0 bridgehead atoms. The summed E-state index contributed by atoms with van der Waals surface area (Å²) in [7, 11) is 0. The molecule has 1 saturated heterocycles. The van der Waals surface area contributed by atoms with Gasteiger partial charge in [0.2, 0.25) is 0 Å². The highest BCUT2D eigenvalue weighted by molar-refractivity contribution is 6.35. The van der Waals surface area contributed by atoms with E-state index in [-0.39, 0.29) is 13.2 Å². The van der Waals surface area contributed by atoms with Crippen molar-refractivity contribution in [3.05, 3.63) is 28.2 Å². The van der Waals surface area contributed by atoms with Crippen molar-refractivity contribution >= 4 is 41.1 Å². The van der Waals surface area contributed by atoms with Crippen molar-refractivity contribution in [1.82, 2.24) is 10.2 Å². The number of hydrogen-bond acceptors (Lipinski definition) is 5. The van der Waals surface area contributed by atoms with Crippen molar-refractivity contribution in [1.29, 1.82) is 0 Å². The second-order valence-corrected chi connectivity index (χ2v) is 6.43. The lowest BCUT2D eigenvalue weighted by molar-refractivity contribution is -0.148. The molecule has 1 aliphatic rings. The number of nitrogens with zero attached hydrogens (tertiary/aromatic N) is 1. The van der Waals surface area contributed by atoms with Crippen molar-refractivity contribution in [2.24, 2.45) is 0 Å². The average Bonchev–Trinajstić information content (AvgIpc) is 2.67. The van der Waals surface area contributed by atoms with Gasteiger partial charge in [0, 0.05) is 5.02 Å². The summed E-state index contributed by atoms with van der Waals surface area (Å²) in [5.74, 6) is -0.774.